The molecule has 0 saturated heterocycles. The molecule has 5 rings (SSSR count). The number of nitrogens with one attached hydrogen (secondary N) is 1. The average molecular weight is 342 g/mol. The fraction of sp³-hybridized carbons (Fsp3) is 0.263. The Labute approximate surface area is 144 Å². The number of fused-ring (bicyclic) bond motifs is 1. The Hall–Kier alpha value is -2.33. The summed E-state index contributed by atoms with van der Waals surface area (Å²) in [6.07, 6.45) is 0.120. The van der Waals surface area contributed by atoms with Crippen LogP contribution in [0.1, 0.15) is 41.5 Å². The van der Waals surface area contributed by atoms with Gasteiger partial charge in [-0.3, -0.25) is 4.79 Å². The van der Waals surface area contributed by atoms with Crippen molar-refractivity contribution in [2.75, 3.05) is 0 Å². The molecule has 0 spiro atoms. The van der Waals surface area contributed by atoms with E-state index in [1.165, 1.54) is 6.92 Å². The lowest BCUT2D eigenvalue weighted by molar-refractivity contribution is -0.149. The summed E-state index contributed by atoms with van der Waals surface area (Å²) in [6.45, 7) is 1.34. The van der Waals surface area contributed by atoms with Gasteiger partial charge in [0.05, 0.1) is 4.87 Å². The van der Waals surface area contributed by atoms with Gasteiger partial charge in [-0.25, -0.2) is 4.79 Å². The van der Waals surface area contributed by atoms with Crippen molar-refractivity contribution in [1.29, 1.82) is 0 Å². The summed E-state index contributed by atoms with van der Waals surface area (Å²) in [6, 6.07) is 15.3. The number of carboxylic acid groups (broad SMARTS) is 1. The summed E-state index contributed by atoms with van der Waals surface area (Å²) in [5.74, 6) is -1.90. The highest BCUT2D eigenvalue weighted by molar-refractivity contribution is 6.27. The van der Waals surface area contributed by atoms with E-state index in [-0.39, 0.29) is 12.3 Å². The van der Waals surface area contributed by atoms with Crippen molar-refractivity contribution in [2.24, 2.45) is 0 Å². The van der Waals surface area contributed by atoms with Gasteiger partial charge in [-0.15, -0.1) is 11.6 Å². The second-order valence-electron chi connectivity index (χ2n) is 6.54. The minimum atomic E-state index is -1.45. The molecule has 0 saturated carbocycles. The monoisotopic (exact) mass is 341 g/mol. The summed E-state index contributed by atoms with van der Waals surface area (Å²) >= 11 is 7.06. The van der Waals surface area contributed by atoms with E-state index in [0.717, 1.165) is 22.3 Å². The number of halogens is 1. The molecule has 24 heavy (non-hydrogen) atoms. The Balaban J connectivity index is 2.08. The SMILES string of the molecule is CC(=O)NC1(C(=O)O)CC2(Cl)c3ccccc3C1c1ccccc12. The maximum absolute atomic E-state index is 12.3. The van der Waals surface area contributed by atoms with Crippen LogP contribution < -0.4 is 5.32 Å². The van der Waals surface area contributed by atoms with Crippen molar-refractivity contribution in [2.45, 2.75) is 29.7 Å². The van der Waals surface area contributed by atoms with Crippen molar-refractivity contribution in [1.82, 2.24) is 5.32 Å². The van der Waals surface area contributed by atoms with E-state index in [0.29, 0.717) is 0 Å². The zero-order valence-electron chi connectivity index (χ0n) is 13.0. The van der Waals surface area contributed by atoms with Crippen LogP contribution in [0.15, 0.2) is 48.5 Å². The van der Waals surface area contributed by atoms with Gasteiger partial charge in [0, 0.05) is 19.3 Å². The molecule has 0 aliphatic heterocycles. The van der Waals surface area contributed by atoms with Gasteiger partial charge in [-0.1, -0.05) is 48.5 Å². The smallest absolute Gasteiger partial charge is 0.330 e. The van der Waals surface area contributed by atoms with Crippen LogP contribution in [0.4, 0.5) is 0 Å². The molecule has 0 radical (unpaired) electrons. The molecule has 2 bridgehead atoms. The molecule has 2 aromatic rings. The Morgan fingerprint density at radius 1 is 1.08 bits per heavy atom. The number of amides is 1. The summed E-state index contributed by atoms with van der Waals surface area (Å²) in [7, 11) is 0. The Morgan fingerprint density at radius 3 is 2.04 bits per heavy atom. The molecule has 0 heterocycles. The number of aliphatic carboxylic acids is 1. The Kier molecular flexibility index (Phi) is 3.06. The predicted octanol–water partition coefficient (Wildman–Crippen LogP) is 2.98. The maximum atomic E-state index is 12.3. The standard InChI is InChI=1S/C19H16ClNO3/c1-11(22)21-19(17(23)24)10-18(20)14-8-4-2-6-12(14)16(19)13-7-3-5-9-15(13)18/h2-9,16H,10H2,1H3,(H,21,22)(H,23,24). The predicted molar refractivity (Wildman–Crippen MR) is 90.2 cm³/mol. The molecule has 1 unspecified atom stereocenters. The lowest BCUT2D eigenvalue weighted by atomic mass is 9.55. The van der Waals surface area contributed by atoms with Gasteiger partial charge in [-0.05, 0) is 22.3 Å². The van der Waals surface area contributed by atoms with Crippen LogP contribution in [-0.2, 0) is 14.5 Å². The molecule has 0 aromatic heterocycles. The summed E-state index contributed by atoms with van der Waals surface area (Å²) < 4.78 is 0. The molecule has 4 nitrogen and oxygen atoms in total. The van der Waals surface area contributed by atoms with Crippen molar-refractivity contribution >= 4 is 23.5 Å². The van der Waals surface area contributed by atoms with Crippen LogP contribution in [0, 0.1) is 0 Å². The summed E-state index contributed by atoms with van der Waals surface area (Å²) in [5, 5.41) is 12.8. The average Bonchev–Trinajstić information content (AvgIpc) is 2.54. The topological polar surface area (TPSA) is 66.4 Å². The fourth-order valence-electron chi connectivity index (χ4n) is 4.42. The second kappa shape index (κ2) is 4.84. The van der Waals surface area contributed by atoms with Crippen molar-refractivity contribution in [3.63, 3.8) is 0 Å². The van der Waals surface area contributed by atoms with Gasteiger partial charge >= 0.3 is 5.97 Å². The fourth-order valence-corrected chi connectivity index (χ4v) is 4.98. The van der Waals surface area contributed by atoms with Crippen LogP contribution >= 0.6 is 11.6 Å². The van der Waals surface area contributed by atoms with Crippen LogP contribution in [0.25, 0.3) is 0 Å². The number of alkyl halides is 1. The van der Waals surface area contributed by atoms with E-state index >= 15 is 0 Å². The van der Waals surface area contributed by atoms with E-state index in [1.807, 2.05) is 48.5 Å². The number of carboxylic acids is 1. The van der Waals surface area contributed by atoms with Gasteiger partial charge in [-0.2, -0.15) is 0 Å². The first-order chi connectivity index (χ1) is 11.4. The van der Waals surface area contributed by atoms with Crippen LogP contribution in [0.5, 0.6) is 0 Å². The quantitative estimate of drug-likeness (QED) is 0.825. The summed E-state index contributed by atoms with van der Waals surface area (Å²) in [4.78, 5) is 23.1. The van der Waals surface area contributed by atoms with Crippen LogP contribution in [-0.4, -0.2) is 22.5 Å². The first-order valence-corrected chi connectivity index (χ1v) is 8.18. The van der Waals surface area contributed by atoms with Crippen LogP contribution in [0.3, 0.4) is 0 Å². The molecular formula is C19H16ClNO3. The maximum Gasteiger partial charge on any atom is 0.330 e. The zero-order valence-corrected chi connectivity index (χ0v) is 13.8. The number of rotatable bonds is 2. The van der Waals surface area contributed by atoms with Crippen molar-refractivity contribution < 1.29 is 14.7 Å². The molecule has 2 aromatic carbocycles. The van der Waals surface area contributed by atoms with Crippen LogP contribution in [0.2, 0.25) is 0 Å². The van der Waals surface area contributed by atoms with Gasteiger partial charge in [0.25, 0.3) is 0 Å². The Morgan fingerprint density at radius 2 is 1.58 bits per heavy atom. The normalized spacial score (nSPS) is 29.5. The first kappa shape index (κ1) is 15.2. The molecule has 122 valence electrons. The number of carbonyl (C=O) groups is 2. The van der Waals surface area contributed by atoms with E-state index in [4.69, 9.17) is 11.6 Å². The highest BCUT2D eigenvalue weighted by Gasteiger charge is 2.63. The van der Waals surface area contributed by atoms with Gasteiger partial charge in [0.1, 0.15) is 0 Å². The third kappa shape index (κ3) is 1.75. The highest BCUT2D eigenvalue weighted by Crippen LogP contribution is 2.61. The lowest BCUT2D eigenvalue weighted by Gasteiger charge is -2.54. The number of hydrogen-bond acceptors (Lipinski definition) is 2. The summed E-state index contributed by atoms with van der Waals surface area (Å²) in [5.41, 5.74) is 2.15. The molecule has 5 heteroatoms. The van der Waals surface area contributed by atoms with Crippen molar-refractivity contribution in [3.05, 3.63) is 70.8 Å². The van der Waals surface area contributed by atoms with Crippen molar-refractivity contribution in [3.8, 4) is 0 Å². The van der Waals surface area contributed by atoms with E-state index in [1.54, 1.807) is 0 Å². The van der Waals surface area contributed by atoms with E-state index in [9.17, 15) is 14.7 Å². The minimum Gasteiger partial charge on any atom is -0.479 e. The first-order valence-electron chi connectivity index (χ1n) is 7.80. The number of carbonyl (C=O) groups excluding carboxylic acids is 1. The lowest BCUT2D eigenvalue weighted by Crippen LogP contribution is -2.65. The largest absolute Gasteiger partial charge is 0.479 e. The number of hydrogen-bond donors (Lipinski definition) is 2. The second-order valence-corrected chi connectivity index (χ2v) is 7.19. The van der Waals surface area contributed by atoms with E-state index < -0.39 is 22.3 Å². The molecular weight excluding hydrogens is 326 g/mol. The highest BCUT2D eigenvalue weighted by atomic mass is 35.5. The van der Waals surface area contributed by atoms with Gasteiger partial charge in [0.15, 0.2) is 5.54 Å². The van der Waals surface area contributed by atoms with Gasteiger partial charge < -0.3 is 10.4 Å². The van der Waals surface area contributed by atoms with Gasteiger partial charge in [0.2, 0.25) is 5.91 Å². The zero-order chi connectivity index (χ0) is 17.1. The molecule has 0 fully saturated rings. The third-order valence-corrected chi connectivity index (χ3v) is 5.73. The molecule has 3 aliphatic rings. The molecule has 2 N–H and O–H groups in total. The third-order valence-electron chi connectivity index (χ3n) is 5.19. The Bertz CT molecular complexity index is 831. The molecule has 1 atom stereocenters. The molecule has 3 aliphatic carbocycles. The van der Waals surface area contributed by atoms with E-state index in [2.05, 4.69) is 5.32 Å². The minimum absolute atomic E-state index is 0.120. The number of benzene rings is 2. The molecule has 1 amide bonds.